The molecule has 0 radical (unpaired) electrons. The highest BCUT2D eigenvalue weighted by Crippen LogP contribution is 2.33. The molecule has 0 spiro atoms. The van der Waals surface area contributed by atoms with Crippen molar-refractivity contribution < 1.29 is 15.0 Å². The molecule has 6 nitrogen and oxygen atoms in total. The number of carboxylic acids is 1. The SMILES string of the molecule is CC(CCO)n1nnc(C(=O)O)c1CC1CC1. The van der Waals surface area contributed by atoms with E-state index in [1.807, 2.05) is 6.92 Å². The highest BCUT2D eigenvalue weighted by molar-refractivity contribution is 5.86. The Kier molecular flexibility index (Phi) is 3.42. The maximum absolute atomic E-state index is 11.1. The second-order valence-electron chi connectivity index (χ2n) is 4.64. The van der Waals surface area contributed by atoms with Crippen LogP contribution in [0.2, 0.25) is 0 Å². The Morgan fingerprint density at radius 1 is 1.59 bits per heavy atom. The Hall–Kier alpha value is -1.43. The van der Waals surface area contributed by atoms with Crippen LogP contribution in [0.25, 0.3) is 0 Å². The lowest BCUT2D eigenvalue weighted by Gasteiger charge is -2.13. The number of aliphatic hydroxyl groups excluding tert-OH is 1. The predicted octanol–water partition coefficient (Wildman–Crippen LogP) is 0.872. The quantitative estimate of drug-likeness (QED) is 0.769. The Morgan fingerprint density at radius 2 is 2.29 bits per heavy atom. The van der Waals surface area contributed by atoms with Crippen molar-refractivity contribution in [1.29, 1.82) is 0 Å². The molecule has 17 heavy (non-hydrogen) atoms. The Morgan fingerprint density at radius 3 is 2.82 bits per heavy atom. The average Bonchev–Trinajstić information content (AvgIpc) is 2.96. The fourth-order valence-corrected chi connectivity index (χ4v) is 1.93. The van der Waals surface area contributed by atoms with Crippen molar-refractivity contribution in [2.45, 2.75) is 38.6 Å². The van der Waals surface area contributed by atoms with Gasteiger partial charge in [-0.3, -0.25) is 0 Å². The summed E-state index contributed by atoms with van der Waals surface area (Å²) in [5, 5.41) is 25.6. The maximum atomic E-state index is 11.1. The first-order valence-corrected chi connectivity index (χ1v) is 5.91. The number of hydrogen-bond donors (Lipinski definition) is 2. The summed E-state index contributed by atoms with van der Waals surface area (Å²) in [5.41, 5.74) is 0.752. The van der Waals surface area contributed by atoms with Crippen LogP contribution in [0, 0.1) is 5.92 Å². The number of rotatable bonds is 6. The molecule has 0 bridgehead atoms. The van der Waals surface area contributed by atoms with E-state index in [0.29, 0.717) is 18.0 Å². The zero-order valence-electron chi connectivity index (χ0n) is 9.83. The van der Waals surface area contributed by atoms with Gasteiger partial charge in [-0.15, -0.1) is 5.10 Å². The van der Waals surface area contributed by atoms with Gasteiger partial charge in [0.05, 0.1) is 11.7 Å². The van der Waals surface area contributed by atoms with Gasteiger partial charge in [-0.1, -0.05) is 5.21 Å². The number of aromatic nitrogens is 3. The van der Waals surface area contributed by atoms with Gasteiger partial charge in [-0.2, -0.15) is 0 Å². The third-order valence-electron chi connectivity index (χ3n) is 3.14. The van der Waals surface area contributed by atoms with Gasteiger partial charge in [0.2, 0.25) is 0 Å². The second-order valence-corrected chi connectivity index (χ2v) is 4.64. The first-order valence-electron chi connectivity index (χ1n) is 5.91. The third-order valence-corrected chi connectivity index (χ3v) is 3.14. The first-order chi connectivity index (χ1) is 8.13. The van der Waals surface area contributed by atoms with E-state index in [9.17, 15) is 4.79 Å². The molecule has 1 fully saturated rings. The summed E-state index contributed by atoms with van der Waals surface area (Å²) < 4.78 is 1.65. The van der Waals surface area contributed by atoms with Crippen LogP contribution in [-0.2, 0) is 6.42 Å². The van der Waals surface area contributed by atoms with E-state index in [4.69, 9.17) is 10.2 Å². The van der Waals surface area contributed by atoms with Crippen LogP contribution in [0.4, 0.5) is 0 Å². The van der Waals surface area contributed by atoms with Gasteiger partial charge in [0, 0.05) is 6.61 Å². The van der Waals surface area contributed by atoms with E-state index in [2.05, 4.69) is 10.3 Å². The zero-order chi connectivity index (χ0) is 12.4. The lowest BCUT2D eigenvalue weighted by atomic mass is 10.1. The molecule has 0 aliphatic heterocycles. The molecule has 94 valence electrons. The van der Waals surface area contributed by atoms with E-state index in [1.165, 1.54) is 0 Å². The first kappa shape index (κ1) is 12.0. The summed E-state index contributed by atoms with van der Waals surface area (Å²) >= 11 is 0. The highest BCUT2D eigenvalue weighted by Gasteiger charge is 2.29. The summed E-state index contributed by atoms with van der Waals surface area (Å²) in [4.78, 5) is 11.1. The summed E-state index contributed by atoms with van der Waals surface area (Å²) in [7, 11) is 0. The number of hydrogen-bond acceptors (Lipinski definition) is 4. The number of carbonyl (C=O) groups is 1. The number of carboxylic acid groups (broad SMARTS) is 1. The smallest absolute Gasteiger partial charge is 0.358 e. The molecular formula is C11H17N3O3. The van der Waals surface area contributed by atoms with Crippen LogP contribution in [0.1, 0.15) is 48.4 Å². The average molecular weight is 239 g/mol. The van der Waals surface area contributed by atoms with Crippen molar-refractivity contribution >= 4 is 5.97 Å². The van der Waals surface area contributed by atoms with Gasteiger partial charge in [-0.05, 0) is 38.5 Å². The minimum atomic E-state index is -1.02. The van der Waals surface area contributed by atoms with Gasteiger partial charge in [0.25, 0.3) is 0 Å². The van der Waals surface area contributed by atoms with Crippen molar-refractivity contribution in [2.75, 3.05) is 6.61 Å². The van der Waals surface area contributed by atoms with Gasteiger partial charge in [0.15, 0.2) is 5.69 Å². The Labute approximate surface area is 99.3 Å². The predicted molar refractivity (Wildman–Crippen MR) is 59.8 cm³/mol. The standard InChI is InChI=1S/C11H17N3O3/c1-7(4-5-15)14-9(6-8-2-3-8)10(11(16)17)12-13-14/h7-8,15H,2-6H2,1H3,(H,16,17). The number of nitrogens with zero attached hydrogens (tertiary/aromatic N) is 3. The highest BCUT2D eigenvalue weighted by atomic mass is 16.4. The van der Waals surface area contributed by atoms with E-state index in [-0.39, 0.29) is 18.3 Å². The molecule has 1 aromatic heterocycles. The Bertz CT molecular complexity index is 412. The molecule has 1 aromatic rings. The molecule has 1 aliphatic rings. The molecule has 1 saturated carbocycles. The van der Waals surface area contributed by atoms with Crippen molar-refractivity contribution in [2.24, 2.45) is 5.92 Å². The zero-order valence-corrected chi connectivity index (χ0v) is 9.83. The van der Waals surface area contributed by atoms with Crippen LogP contribution >= 0.6 is 0 Å². The number of aromatic carboxylic acids is 1. The van der Waals surface area contributed by atoms with Crippen LogP contribution < -0.4 is 0 Å². The minimum absolute atomic E-state index is 0.0191. The fourth-order valence-electron chi connectivity index (χ4n) is 1.93. The molecule has 2 rings (SSSR count). The van der Waals surface area contributed by atoms with Crippen LogP contribution in [0.3, 0.4) is 0 Å². The monoisotopic (exact) mass is 239 g/mol. The summed E-state index contributed by atoms with van der Waals surface area (Å²) in [6, 6.07) is -0.0191. The molecule has 0 saturated heterocycles. The molecule has 2 N–H and O–H groups in total. The van der Waals surface area contributed by atoms with Crippen molar-refractivity contribution in [3.8, 4) is 0 Å². The number of aliphatic hydroxyl groups is 1. The Balaban J connectivity index is 2.26. The normalized spacial score (nSPS) is 17.1. The van der Waals surface area contributed by atoms with Crippen molar-refractivity contribution in [3.63, 3.8) is 0 Å². The molecule has 0 amide bonds. The van der Waals surface area contributed by atoms with Crippen molar-refractivity contribution in [3.05, 3.63) is 11.4 Å². The summed E-state index contributed by atoms with van der Waals surface area (Å²) in [5.74, 6) is -0.449. The molecule has 0 aromatic carbocycles. The van der Waals surface area contributed by atoms with E-state index in [1.54, 1.807) is 4.68 Å². The van der Waals surface area contributed by atoms with Gasteiger partial charge in [-0.25, -0.2) is 9.48 Å². The minimum Gasteiger partial charge on any atom is -0.476 e. The molecular weight excluding hydrogens is 222 g/mol. The van der Waals surface area contributed by atoms with Gasteiger partial charge >= 0.3 is 5.97 Å². The summed E-state index contributed by atoms with van der Waals surface area (Å²) in [6.45, 7) is 1.97. The summed E-state index contributed by atoms with van der Waals surface area (Å²) in [6.07, 6.45) is 3.59. The molecule has 1 atom stereocenters. The van der Waals surface area contributed by atoms with E-state index >= 15 is 0 Å². The maximum Gasteiger partial charge on any atom is 0.358 e. The van der Waals surface area contributed by atoms with E-state index < -0.39 is 5.97 Å². The van der Waals surface area contributed by atoms with E-state index in [0.717, 1.165) is 19.3 Å². The second kappa shape index (κ2) is 4.83. The lowest BCUT2D eigenvalue weighted by Crippen LogP contribution is -2.14. The van der Waals surface area contributed by atoms with Crippen molar-refractivity contribution in [1.82, 2.24) is 15.0 Å². The third kappa shape index (κ3) is 2.63. The largest absolute Gasteiger partial charge is 0.476 e. The van der Waals surface area contributed by atoms with Gasteiger partial charge < -0.3 is 10.2 Å². The topological polar surface area (TPSA) is 88.2 Å². The van der Waals surface area contributed by atoms with Crippen LogP contribution in [0.15, 0.2) is 0 Å². The molecule has 1 aliphatic carbocycles. The van der Waals surface area contributed by atoms with Crippen LogP contribution in [-0.4, -0.2) is 37.8 Å². The van der Waals surface area contributed by atoms with Crippen LogP contribution in [0.5, 0.6) is 0 Å². The molecule has 1 heterocycles. The van der Waals surface area contributed by atoms with Gasteiger partial charge in [0.1, 0.15) is 0 Å². The fraction of sp³-hybridized carbons (Fsp3) is 0.727. The molecule has 1 unspecified atom stereocenters. The lowest BCUT2D eigenvalue weighted by molar-refractivity contribution is 0.0689. The molecule has 6 heteroatoms.